The Balaban J connectivity index is 2.53. The highest BCUT2D eigenvalue weighted by Gasteiger charge is 2.40. The van der Waals surface area contributed by atoms with Crippen LogP contribution >= 0.6 is 0 Å². The molecule has 3 nitrogen and oxygen atoms in total. The zero-order valence-electron chi connectivity index (χ0n) is 9.56. The molecule has 0 spiro atoms. The number of benzene rings is 1. The van der Waals surface area contributed by atoms with E-state index in [0.717, 1.165) is 11.1 Å². The minimum absolute atomic E-state index is 0.313. The van der Waals surface area contributed by atoms with Crippen molar-refractivity contribution in [3.05, 3.63) is 47.5 Å². The van der Waals surface area contributed by atoms with E-state index in [1.54, 1.807) is 24.3 Å². The van der Waals surface area contributed by atoms with E-state index in [0.29, 0.717) is 24.8 Å². The van der Waals surface area contributed by atoms with Crippen LogP contribution in [-0.4, -0.2) is 16.3 Å². The van der Waals surface area contributed by atoms with Gasteiger partial charge in [0.05, 0.1) is 17.7 Å². The highest BCUT2D eigenvalue weighted by molar-refractivity contribution is 5.43. The minimum Gasteiger partial charge on any atom is -0.390 e. The molecule has 0 aromatic heterocycles. The molecule has 17 heavy (non-hydrogen) atoms. The molecule has 0 saturated heterocycles. The molecule has 0 bridgehead atoms. The molecule has 1 aromatic carbocycles. The van der Waals surface area contributed by atoms with Crippen molar-refractivity contribution in [1.82, 2.24) is 0 Å². The van der Waals surface area contributed by atoms with Crippen LogP contribution < -0.4 is 0 Å². The first-order valence-corrected chi connectivity index (χ1v) is 5.66. The van der Waals surface area contributed by atoms with Crippen LogP contribution in [0, 0.1) is 11.3 Å². The number of aliphatic hydroxyl groups is 2. The fourth-order valence-electron chi connectivity index (χ4n) is 2.47. The Morgan fingerprint density at radius 2 is 2.35 bits per heavy atom. The Kier molecular flexibility index (Phi) is 3.01. The Morgan fingerprint density at radius 1 is 1.59 bits per heavy atom. The molecule has 0 saturated carbocycles. The molecular weight excluding hydrogens is 214 g/mol. The lowest BCUT2D eigenvalue weighted by atomic mass is 9.75. The van der Waals surface area contributed by atoms with E-state index in [1.807, 2.05) is 0 Å². The third-order valence-corrected chi connectivity index (χ3v) is 3.39. The summed E-state index contributed by atoms with van der Waals surface area (Å²) in [7, 11) is 0. The van der Waals surface area contributed by atoms with Gasteiger partial charge in [0.1, 0.15) is 5.60 Å². The lowest BCUT2D eigenvalue weighted by Gasteiger charge is -2.38. The first-order valence-electron chi connectivity index (χ1n) is 5.66. The molecule has 0 aliphatic heterocycles. The molecule has 2 rings (SSSR count). The van der Waals surface area contributed by atoms with Gasteiger partial charge in [-0.1, -0.05) is 12.1 Å². The molecule has 0 unspecified atom stereocenters. The fourth-order valence-corrected chi connectivity index (χ4v) is 2.47. The molecule has 88 valence electrons. The van der Waals surface area contributed by atoms with E-state index in [9.17, 15) is 10.2 Å². The summed E-state index contributed by atoms with van der Waals surface area (Å²) in [6.45, 7) is 3.62. The van der Waals surface area contributed by atoms with Crippen LogP contribution in [-0.2, 0) is 12.0 Å². The van der Waals surface area contributed by atoms with E-state index >= 15 is 0 Å². The van der Waals surface area contributed by atoms with E-state index in [1.165, 1.54) is 0 Å². The van der Waals surface area contributed by atoms with Crippen molar-refractivity contribution in [2.24, 2.45) is 0 Å². The molecule has 1 aromatic rings. The molecule has 2 atom stereocenters. The molecule has 0 heterocycles. The van der Waals surface area contributed by atoms with Crippen molar-refractivity contribution in [2.45, 2.75) is 31.0 Å². The number of nitrogens with zero attached hydrogens (tertiary/aromatic N) is 1. The van der Waals surface area contributed by atoms with E-state index < -0.39 is 11.7 Å². The Bertz CT molecular complexity index is 489. The quantitative estimate of drug-likeness (QED) is 0.757. The van der Waals surface area contributed by atoms with Crippen LogP contribution in [0.3, 0.4) is 0 Å². The predicted molar refractivity (Wildman–Crippen MR) is 64.2 cm³/mol. The molecule has 0 fully saturated rings. The maximum absolute atomic E-state index is 10.6. The summed E-state index contributed by atoms with van der Waals surface area (Å²) >= 11 is 0. The zero-order chi connectivity index (χ0) is 12.5. The number of aryl methyl sites for hydroxylation is 1. The van der Waals surface area contributed by atoms with Gasteiger partial charge in [0, 0.05) is 6.42 Å². The van der Waals surface area contributed by atoms with Gasteiger partial charge in [-0.05, 0) is 36.1 Å². The first-order chi connectivity index (χ1) is 8.11. The van der Waals surface area contributed by atoms with Gasteiger partial charge in [0.15, 0.2) is 0 Å². The van der Waals surface area contributed by atoms with E-state index in [4.69, 9.17) is 5.26 Å². The normalized spacial score (nSPS) is 27.0. The topological polar surface area (TPSA) is 64.2 Å². The number of rotatable bonds is 2. The van der Waals surface area contributed by atoms with Crippen molar-refractivity contribution >= 4 is 0 Å². The van der Waals surface area contributed by atoms with E-state index in [-0.39, 0.29) is 0 Å². The zero-order valence-corrected chi connectivity index (χ0v) is 9.56. The van der Waals surface area contributed by atoms with Crippen LogP contribution in [0.15, 0.2) is 30.9 Å². The lowest BCUT2D eigenvalue weighted by Crippen LogP contribution is -2.43. The molecule has 0 radical (unpaired) electrons. The molecule has 2 N–H and O–H groups in total. The van der Waals surface area contributed by atoms with Crippen LogP contribution in [0.4, 0.5) is 0 Å². The van der Waals surface area contributed by atoms with Gasteiger partial charge in [0.2, 0.25) is 0 Å². The van der Waals surface area contributed by atoms with Gasteiger partial charge in [-0.15, -0.1) is 6.58 Å². The van der Waals surface area contributed by atoms with Gasteiger partial charge >= 0.3 is 0 Å². The van der Waals surface area contributed by atoms with Crippen molar-refractivity contribution in [3.63, 3.8) is 0 Å². The van der Waals surface area contributed by atoms with Crippen LogP contribution in [0.25, 0.3) is 0 Å². The van der Waals surface area contributed by atoms with Gasteiger partial charge in [-0.25, -0.2) is 0 Å². The summed E-state index contributed by atoms with van der Waals surface area (Å²) in [5.41, 5.74) is 0.985. The highest BCUT2D eigenvalue weighted by Crippen LogP contribution is 2.38. The van der Waals surface area contributed by atoms with Gasteiger partial charge in [-0.3, -0.25) is 0 Å². The van der Waals surface area contributed by atoms with Crippen molar-refractivity contribution in [1.29, 1.82) is 5.26 Å². The predicted octanol–water partition coefficient (Wildman–Crippen LogP) is 1.63. The minimum atomic E-state index is -1.26. The summed E-state index contributed by atoms with van der Waals surface area (Å²) in [6, 6.07) is 7.28. The standard InChI is InChI=1S/C14H15NO2/c1-2-7-14(17)12-5-3-10(9-15)8-11(12)4-6-13(14)16/h2-3,5,8,13,16-17H,1,4,6-7H2/t13-,14+/m1/s1. The second-order valence-corrected chi connectivity index (χ2v) is 4.46. The third-order valence-electron chi connectivity index (χ3n) is 3.39. The number of hydrogen-bond acceptors (Lipinski definition) is 3. The van der Waals surface area contributed by atoms with Gasteiger partial charge < -0.3 is 10.2 Å². The maximum atomic E-state index is 10.6. The Labute approximate surface area is 101 Å². The first kappa shape index (κ1) is 11.8. The molecular formula is C14H15NO2. The summed E-state index contributed by atoms with van der Waals surface area (Å²) in [5, 5.41) is 29.4. The smallest absolute Gasteiger partial charge is 0.119 e. The summed E-state index contributed by atoms with van der Waals surface area (Å²) in [4.78, 5) is 0. The fraction of sp³-hybridized carbons (Fsp3) is 0.357. The second-order valence-electron chi connectivity index (χ2n) is 4.46. The summed E-state index contributed by atoms with van der Waals surface area (Å²) in [6.07, 6.45) is 2.34. The number of aliphatic hydroxyl groups excluding tert-OH is 1. The number of nitriles is 1. The maximum Gasteiger partial charge on any atom is 0.119 e. The average molecular weight is 229 g/mol. The number of fused-ring (bicyclic) bond motifs is 1. The molecule has 1 aliphatic rings. The Morgan fingerprint density at radius 3 is 3.00 bits per heavy atom. The molecule has 3 heteroatoms. The SMILES string of the molecule is C=CC[C@]1(O)c2ccc(C#N)cc2CC[C@H]1O. The van der Waals surface area contributed by atoms with Crippen LogP contribution in [0.1, 0.15) is 29.5 Å². The largest absolute Gasteiger partial charge is 0.390 e. The second kappa shape index (κ2) is 4.33. The lowest BCUT2D eigenvalue weighted by molar-refractivity contribution is -0.0880. The van der Waals surface area contributed by atoms with E-state index in [2.05, 4.69) is 12.6 Å². The molecule has 1 aliphatic carbocycles. The molecule has 0 amide bonds. The van der Waals surface area contributed by atoms with Crippen LogP contribution in [0.5, 0.6) is 0 Å². The number of hydrogen-bond donors (Lipinski definition) is 2. The monoisotopic (exact) mass is 229 g/mol. The van der Waals surface area contributed by atoms with Gasteiger partial charge in [-0.2, -0.15) is 5.26 Å². The summed E-state index contributed by atoms with van der Waals surface area (Å²) < 4.78 is 0. The Hall–Kier alpha value is -1.63. The third kappa shape index (κ3) is 1.86. The highest BCUT2D eigenvalue weighted by atomic mass is 16.3. The summed E-state index contributed by atoms with van der Waals surface area (Å²) in [5.74, 6) is 0. The van der Waals surface area contributed by atoms with Crippen molar-refractivity contribution < 1.29 is 10.2 Å². The van der Waals surface area contributed by atoms with Crippen molar-refractivity contribution in [3.8, 4) is 6.07 Å². The van der Waals surface area contributed by atoms with Crippen molar-refractivity contribution in [2.75, 3.05) is 0 Å². The van der Waals surface area contributed by atoms with Crippen LogP contribution in [0.2, 0.25) is 0 Å². The average Bonchev–Trinajstić information content (AvgIpc) is 2.34. The van der Waals surface area contributed by atoms with Gasteiger partial charge in [0.25, 0.3) is 0 Å².